The minimum Gasteiger partial charge on any atom is -0.389 e. The highest BCUT2D eigenvalue weighted by atomic mass is 32.2. The van der Waals surface area contributed by atoms with Gasteiger partial charge in [0.1, 0.15) is 5.70 Å². The molecule has 2 heterocycles. The molecule has 126 valence electrons. The van der Waals surface area contributed by atoms with Crippen LogP contribution in [0.15, 0.2) is 40.9 Å². The number of fused-ring (bicyclic) bond motifs is 1. The van der Waals surface area contributed by atoms with Crippen molar-refractivity contribution in [2.24, 2.45) is 0 Å². The first-order chi connectivity index (χ1) is 11.5. The molecule has 1 fully saturated rings. The van der Waals surface area contributed by atoms with Gasteiger partial charge in [-0.05, 0) is 17.9 Å². The van der Waals surface area contributed by atoms with Crippen molar-refractivity contribution >= 4 is 23.6 Å². The first kappa shape index (κ1) is 16.5. The van der Waals surface area contributed by atoms with Crippen molar-refractivity contribution < 1.29 is 19.2 Å². The normalized spacial score (nSPS) is 20.5. The molecular formula is C16H16N2O5S. The molecule has 2 aliphatic rings. The summed E-state index contributed by atoms with van der Waals surface area (Å²) in [6.07, 6.45) is -0.570. The van der Waals surface area contributed by atoms with Gasteiger partial charge in [-0.15, -0.1) is 11.8 Å². The van der Waals surface area contributed by atoms with Crippen LogP contribution in [0.5, 0.6) is 0 Å². The summed E-state index contributed by atoms with van der Waals surface area (Å²) < 4.78 is 5.16. The van der Waals surface area contributed by atoms with Crippen molar-refractivity contribution in [3.05, 3.63) is 56.6 Å². The Hall–Kier alpha value is -2.35. The summed E-state index contributed by atoms with van der Waals surface area (Å²) >= 11 is 1.47. The lowest BCUT2D eigenvalue weighted by molar-refractivity contribution is -0.575. The van der Waals surface area contributed by atoms with Gasteiger partial charge in [-0.2, -0.15) is 0 Å². The highest BCUT2D eigenvalue weighted by molar-refractivity contribution is 8.03. The number of nitro groups is 1. The Kier molecular flexibility index (Phi) is 4.57. The van der Waals surface area contributed by atoms with Crippen molar-refractivity contribution in [3.63, 3.8) is 0 Å². The van der Waals surface area contributed by atoms with Gasteiger partial charge < -0.3 is 9.64 Å². The maximum Gasteiger partial charge on any atom is 0.383 e. The number of hydrogen-bond acceptors (Lipinski definition) is 6. The standard InChI is InChI=1S/C16H16N2O5S/c1-2-24-12-8-11-9-13(19)17(11)14(12)16(20)23-15(18(21)22)10-6-4-3-5-7-10/h3-7,11,15H,2,8-9H2,1H3. The lowest BCUT2D eigenvalue weighted by atomic mass is 10.0. The second-order valence-corrected chi connectivity index (χ2v) is 6.84. The summed E-state index contributed by atoms with van der Waals surface area (Å²) in [5.74, 6) is -0.207. The fourth-order valence-electron chi connectivity index (χ4n) is 2.92. The predicted molar refractivity (Wildman–Crippen MR) is 87.3 cm³/mol. The molecule has 0 N–H and O–H groups in total. The topological polar surface area (TPSA) is 89.8 Å². The summed E-state index contributed by atoms with van der Waals surface area (Å²) in [6.45, 7) is 1.95. The van der Waals surface area contributed by atoms with Crippen LogP contribution >= 0.6 is 11.8 Å². The van der Waals surface area contributed by atoms with Crippen molar-refractivity contribution in [2.75, 3.05) is 5.75 Å². The van der Waals surface area contributed by atoms with E-state index >= 15 is 0 Å². The minimum atomic E-state index is -1.59. The third-order valence-electron chi connectivity index (χ3n) is 3.98. The van der Waals surface area contributed by atoms with Crippen molar-refractivity contribution in [1.29, 1.82) is 0 Å². The molecule has 0 spiro atoms. The van der Waals surface area contributed by atoms with Crippen molar-refractivity contribution in [2.45, 2.75) is 32.0 Å². The van der Waals surface area contributed by atoms with Gasteiger partial charge in [0.05, 0.1) is 16.5 Å². The monoisotopic (exact) mass is 348 g/mol. The Morgan fingerprint density at radius 2 is 2.12 bits per heavy atom. The van der Waals surface area contributed by atoms with E-state index in [0.717, 1.165) is 10.7 Å². The van der Waals surface area contributed by atoms with Crippen LogP contribution in [0.4, 0.5) is 0 Å². The molecule has 1 amide bonds. The molecular weight excluding hydrogens is 332 g/mol. The Labute approximate surface area is 142 Å². The molecule has 7 nitrogen and oxygen atoms in total. The number of rotatable bonds is 6. The molecule has 2 aliphatic heterocycles. The van der Waals surface area contributed by atoms with Gasteiger partial charge in [0.2, 0.25) is 5.91 Å². The summed E-state index contributed by atoms with van der Waals surface area (Å²) in [5.41, 5.74) is 0.455. The van der Waals surface area contributed by atoms with E-state index in [0.29, 0.717) is 12.8 Å². The molecule has 0 saturated carbocycles. The van der Waals surface area contributed by atoms with Crippen LogP contribution in [0, 0.1) is 10.1 Å². The fourth-order valence-corrected chi connectivity index (χ4v) is 3.90. The number of esters is 1. The number of ether oxygens (including phenoxy) is 1. The van der Waals surface area contributed by atoms with E-state index in [-0.39, 0.29) is 23.2 Å². The molecule has 0 aromatic heterocycles. The van der Waals surface area contributed by atoms with Crippen LogP contribution < -0.4 is 0 Å². The number of carbonyl (C=O) groups excluding carboxylic acids is 2. The molecule has 1 aromatic rings. The number of amides is 1. The molecule has 2 unspecified atom stereocenters. The first-order valence-electron chi connectivity index (χ1n) is 7.60. The summed E-state index contributed by atoms with van der Waals surface area (Å²) in [4.78, 5) is 37.2. The second-order valence-electron chi connectivity index (χ2n) is 5.48. The molecule has 3 rings (SSSR count). The lowest BCUT2D eigenvalue weighted by Crippen LogP contribution is -2.50. The Morgan fingerprint density at radius 3 is 2.71 bits per heavy atom. The smallest absolute Gasteiger partial charge is 0.383 e. The quantitative estimate of drug-likeness (QED) is 0.258. The van der Waals surface area contributed by atoms with E-state index in [2.05, 4.69) is 0 Å². The average Bonchev–Trinajstić information content (AvgIpc) is 2.85. The number of thioether (sulfide) groups is 1. The van der Waals surface area contributed by atoms with Crippen LogP contribution in [0.1, 0.15) is 31.6 Å². The van der Waals surface area contributed by atoms with Gasteiger partial charge >= 0.3 is 12.2 Å². The second kappa shape index (κ2) is 6.64. The number of nitrogens with zero attached hydrogens (tertiary/aromatic N) is 2. The fraction of sp³-hybridized carbons (Fsp3) is 0.375. The Balaban J connectivity index is 1.85. The van der Waals surface area contributed by atoms with E-state index in [4.69, 9.17) is 4.74 Å². The zero-order valence-corrected chi connectivity index (χ0v) is 13.8. The predicted octanol–water partition coefficient (Wildman–Crippen LogP) is 2.47. The third kappa shape index (κ3) is 2.89. The van der Waals surface area contributed by atoms with Crippen LogP contribution in [0.3, 0.4) is 0 Å². The van der Waals surface area contributed by atoms with Crippen LogP contribution in [-0.2, 0) is 14.3 Å². The summed E-state index contributed by atoms with van der Waals surface area (Å²) in [5, 5.41) is 11.3. The largest absolute Gasteiger partial charge is 0.389 e. The highest BCUT2D eigenvalue weighted by Crippen LogP contribution is 2.43. The van der Waals surface area contributed by atoms with Crippen LogP contribution in [0.2, 0.25) is 0 Å². The van der Waals surface area contributed by atoms with Gasteiger partial charge in [-0.25, -0.2) is 4.79 Å². The van der Waals surface area contributed by atoms with Gasteiger partial charge in [0.25, 0.3) is 0 Å². The molecule has 0 aliphatic carbocycles. The van der Waals surface area contributed by atoms with Gasteiger partial charge in [0, 0.05) is 17.7 Å². The lowest BCUT2D eigenvalue weighted by Gasteiger charge is -2.35. The minimum absolute atomic E-state index is 0.0140. The molecule has 2 atom stereocenters. The van der Waals surface area contributed by atoms with Crippen LogP contribution in [0.25, 0.3) is 0 Å². The number of carbonyl (C=O) groups is 2. The van der Waals surface area contributed by atoms with E-state index in [9.17, 15) is 19.7 Å². The number of hydrogen-bond donors (Lipinski definition) is 0. The van der Waals surface area contributed by atoms with Crippen molar-refractivity contribution in [1.82, 2.24) is 4.90 Å². The summed E-state index contributed by atoms with van der Waals surface area (Å²) in [6, 6.07) is 8.05. The van der Waals surface area contributed by atoms with E-state index in [1.54, 1.807) is 18.2 Å². The molecule has 1 aromatic carbocycles. The molecule has 8 heteroatoms. The van der Waals surface area contributed by atoms with E-state index in [1.165, 1.54) is 28.8 Å². The average molecular weight is 348 g/mol. The van der Waals surface area contributed by atoms with Crippen molar-refractivity contribution in [3.8, 4) is 0 Å². The molecule has 1 saturated heterocycles. The zero-order valence-electron chi connectivity index (χ0n) is 13.0. The van der Waals surface area contributed by atoms with Crippen LogP contribution in [-0.4, -0.2) is 33.5 Å². The van der Waals surface area contributed by atoms with Gasteiger partial charge in [-0.1, -0.05) is 25.1 Å². The van der Waals surface area contributed by atoms with E-state index < -0.39 is 17.1 Å². The number of β-lactam (4-membered cyclic amide) rings is 1. The SMILES string of the molecule is CCSC1=C(C(=O)OC(c2ccccc2)[N+](=O)[O-])N2C(=O)CC2C1. The molecule has 24 heavy (non-hydrogen) atoms. The zero-order chi connectivity index (χ0) is 17.3. The van der Waals surface area contributed by atoms with Gasteiger partial charge in [0.15, 0.2) is 0 Å². The Morgan fingerprint density at radius 1 is 1.42 bits per heavy atom. The maximum atomic E-state index is 12.6. The third-order valence-corrected chi connectivity index (χ3v) is 4.97. The first-order valence-corrected chi connectivity index (χ1v) is 8.59. The summed E-state index contributed by atoms with van der Waals surface area (Å²) in [7, 11) is 0. The number of benzene rings is 1. The Bertz CT molecular complexity index is 718. The molecule has 0 radical (unpaired) electrons. The maximum absolute atomic E-state index is 12.6. The highest BCUT2D eigenvalue weighted by Gasteiger charge is 2.48. The molecule has 0 bridgehead atoms. The van der Waals surface area contributed by atoms with Gasteiger partial charge in [-0.3, -0.25) is 14.9 Å². The van der Waals surface area contributed by atoms with E-state index in [1.807, 2.05) is 6.92 Å².